The molecule has 2 rings (SSSR count). The second-order valence-corrected chi connectivity index (χ2v) is 5.21. The molecular formula is C12H9ClF3IO2S. The van der Waals surface area contributed by atoms with Crippen LogP contribution in [0.4, 0.5) is 13.2 Å². The van der Waals surface area contributed by atoms with Crippen LogP contribution in [0.2, 0.25) is 5.02 Å². The van der Waals surface area contributed by atoms with E-state index < -0.39 is 23.0 Å². The fourth-order valence-corrected chi connectivity index (χ4v) is 2.85. The normalized spacial score (nSPS) is 17.5. The van der Waals surface area contributed by atoms with Crippen molar-refractivity contribution in [3.05, 3.63) is 34.4 Å². The summed E-state index contributed by atoms with van der Waals surface area (Å²) < 4.78 is 38.3. The number of aliphatic carboxylic acids is 1. The number of carboxylic acids is 1. The standard InChI is InChI=1S/C11H6ClF3O2S.CH3I/c12-6-1-2-8-5(3-6)4-7(10(16)17)9(18-8)11(13,14)15;1-2/h1-4,9H,(H,16,17);1H3. The number of carbonyl (C=O) groups is 1. The predicted molar refractivity (Wildman–Crippen MR) is 82.7 cm³/mol. The Bertz CT molecular complexity index is 546. The second-order valence-electron chi connectivity index (χ2n) is 3.63. The Labute approximate surface area is 136 Å². The first-order chi connectivity index (χ1) is 9.29. The number of rotatable bonds is 1. The second kappa shape index (κ2) is 7.04. The third-order valence-corrected chi connectivity index (χ3v) is 3.97. The molecule has 0 aromatic heterocycles. The summed E-state index contributed by atoms with van der Waals surface area (Å²) in [4.78, 5) is 13.2. The van der Waals surface area contributed by atoms with Gasteiger partial charge in [-0.25, -0.2) is 4.79 Å². The van der Waals surface area contributed by atoms with Gasteiger partial charge in [0, 0.05) is 9.92 Å². The molecule has 1 aromatic rings. The fourth-order valence-electron chi connectivity index (χ4n) is 1.59. The molecule has 1 aromatic carbocycles. The molecule has 8 heteroatoms. The summed E-state index contributed by atoms with van der Waals surface area (Å²) in [6, 6.07) is 4.37. The number of benzene rings is 1. The zero-order valence-electron chi connectivity index (χ0n) is 10.0. The summed E-state index contributed by atoms with van der Waals surface area (Å²) in [6.07, 6.45) is -3.58. The van der Waals surface area contributed by atoms with Crippen LogP contribution in [-0.4, -0.2) is 27.4 Å². The maximum absolute atomic E-state index is 12.8. The van der Waals surface area contributed by atoms with Gasteiger partial charge in [0.05, 0.1) is 5.57 Å². The van der Waals surface area contributed by atoms with Crippen molar-refractivity contribution in [2.75, 3.05) is 4.93 Å². The number of alkyl halides is 4. The van der Waals surface area contributed by atoms with E-state index in [1.54, 1.807) is 0 Å². The lowest BCUT2D eigenvalue weighted by Gasteiger charge is -2.25. The average molecular weight is 437 g/mol. The molecule has 1 aliphatic rings. The summed E-state index contributed by atoms with van der Waals surface area (Å²) in [6.45, 7) is 0. The molecule has 0 bridgehead atoms. The molecule has 2 nitrogen and oxygen atoms in total. The lowest BCUT2D eigenvalue weighted by Crippen LogP contribution is -2.32. The summed E-state index contributed by atoms with van der Waals surface area (Å²) in [7, 11) is 0. The minimum absolute atomic E-state index is 0.348. The van der Waals surface area contributed by atoms with Gasteiger partial charge < -0.3 is 5.11 Å². The van der Waals surface area contributed by atoms with Gasteiger partial charge in [-0.1, -0.05) is 34.2 Å². The number of carboxylic acid groups (broad SMARTS) is 1. The Balaban J connectivity index is 0.000000956. The Morgan fingerprint density at radius 3 is 2.50 bits per heavy atom. The number of hydrogen-bond acceptors (Lipinski definition) is 2. The van der Waals surface area contributed by atoms with E-state index in [4.69, 9.17) is 16.7 Å². The number of thioether (sulfide) groups is 1. The topological polar surface area (TPSA) is 37.3 Å². The van der Waals surface area contributed by atoms with Crippen LogP contribution in [0.25, 0.3) is 6.08 Å². The Morgan fingerprint density at radius 1 is 1.40 bits per heavy atom. The average Bonchev–Trinajstić information content (AvgIpc) is 2.38. The van der Waals surface area contributed by atoms with E-state index in [1.165, 1.54) is 18.2 Å². The van der Waals surface area contributed by atoms with Crippen LogP contribution in [0.5, 0.6) is 0 Å². The van der Waals surface area contributed by atoms with Gasteiger partial charge in [-0.3, -0.25) is 0 Å². The first kappa shape index (κ1) is 17.6. The molecule has 1 heterocycles. The number of fused-ring (bicyclic) bond motifs is 1. The van der Waals surface area contributed by atoms with Crippen molar-refractivity contribution in [3.8, 4) is 0 Å². The SMILES string of the molecule is CI.O=C(O)C1=Cc2cc(Cl)ccc2SC1C(F)(F)F. The smallest absolute Gasteiger partial charge is 0.405 e. The third-order valence-electron chi connectivity index (χ3n) is 2.35. The summed E-state index contributed by atoms with van der Waals surface area (Å²) in [5.41, 5.74) is -0.285. The van der Waals surface area contributed by atoms with E-state index in [0.29, 0.717) is 27.2 Å². The molecule has 0 amide bonds. The lowest BCUT2D eigenvalue weighted by atomic mass is 10.1. The highest BCUT2D eigenvalue weighted by molar-refractivity contribution is 14.1. The van der Waals surface area contributed by atoms with Gasteiger partial charge in [-0.05, 0) is 34.8 Å². The van der Waals surface area contributed by atoms with Gasteiger partial charge in [0.2, 0.25) is 0 Å². The molecule has 0 fully saturated rings. The molecule has 0 aliphatic carbocycles. The van der Waals surface area contributed by atoms with Crippen molar-refractivity contribution in [2.45, 2.75) is 16.3 Å². The van der Waals surface area contributed by atoms with Crippen LogP contribution < -0.4 is 0 Å². The van der Waals surface area contributed by atoms with E-state index in [2.05, 4.69) is 22.6 Å². The minimum atomic E-state index is -4.60. The van der Waals surface area contributed by atoms with E-state index in [-0.39, 0.29) is 0 Å². The van der Waals surface area contributed by atoms with E-state index in [0.717, 1.165) is 6.08 Å². The van der Waals surface area contributed by atoms with Gasteiger partial charge in [0.1, 0.15) is 5.25 Å². The maximum atomic E-state index is 12.8. The zero-order chi connectivity index (χ0) is 15.5. The predicted octanol–water partition coefficient (Wildman–Crippen LogP) is 4.90. The van der Waals surface area contributed by atoms with E-state index in [1.807, 2.05) is 4.93 Å². The Kier molecular flexibility index (Phi) is 6.21. The molecule has 0 saturated carbocycles. The van der Waals surface area contributed by atoms with Crippen LogP contribution in [0, 0.1) is 0 Å². The van der Waals surface area contributed by atoms with E-state index >= 15 is 0 Å². The Morgan fingerprint density at radius 2 is 2.00 bits per heavy atom. The maximum Gasteiger partial charge on any atom is 0.405 e. The van der Waals surface area contributed by atoms with Gasteiger partial charge in [-0.15, -0.1) is 11.8 Å². The molecule has 1 N–H and O–H groups in total. The van der Waals surface area contributed by atoms with Crippen LogP contribution in [0.3, 0.4) is 0 Å². The number of hydrogen-bond donors (Lipinski definition) is 1. The molecule has 1 aliphatic heterocycles. The molecule has 1 atom stereocenters. The summed E-state index contributed by atoms with van der Waals surface area (Å²) in [5, 5.41) is 7.15. The first-order valence-corrected chi connectivity index (χ1v) is 8.56. The van der Waals surface area contributed by atoms with Crippen molar-refractivity contribution in [3.63, 3.8) is 0 Å². The van der Waals surface area contributed by atoms with Gasteiger partial charge in [0.15, 0.2) is 0 Å². The number of halogens is 5. The van der Waals surface area contributed by atoms with Crippen LogP contribution in [0.15, 0.2) is 28.7 Å². The third kappa shape index (κ3) is 4.05. The lowest BCUT2D eigenvalue weighted by molar-refractivity contribution is -0.140. The molecule has 0 spiro atoms. The van der Waals surface area contributed by atoms with Crippen LogP contribution >= 0.6 is 46.0 Å². The monoisotopic (exact) mass is 436 g/mol. The molecule has 110 valence electrons. The van der Waals surface area contributed by atoms with Crippen LogP contribution in [0.1, 0.15) is 5.56 Å². The fraction of sp³-hybridized carbons (Fsp3) is 0.250. The molecular weight excluding hydrogens is 428 g/mol. The quantitative estimate of drug-likeness (QED) is 0.503. The summed E-state index contributed by atoms with van der Waals surface area (Å²) >= 11 is 8.35. The Hall–Kier alpha value is -0.410. The zero-order valence-corrected chi connectivity index (χ0v) is 13.8. The summed E-state index contributed by atoms with van der Waals surface area (Å²) in [5.74, 6) is -1.57. The highest BCUT2D eigenvalue weighted by Gasteiger charge is 2.46. The molecule has 1 unspecified atom stereocenters. The molecule has 20 heavy (non-hydrogen) atoms. The van der Waals surface area contributed by atoms with Crippen molar-refractivity contribution in [1.29, 1.82) is 0 Å². The van der Waals surface area contributed by atoms with Crippen LogP contribution in [-0.2, 0) is 4.79 Å². The first-order valence-electron chi connectivity index (χ1n) is 5.14. The van der Waals surface area contributed by atoms with Gasteiger partial charge in [0.25, 0.3) is 0 Å². The molecule has 0 radical (unpaired) electrons. The molecule has 0 saturated heterocycles. The van der Waals surface area contributed by atoms with Crippen molar-refractivity contribution >= 4 is 58.0 Å². The van der Waals surface area contributed by atoms with Crippen molar-refractivity contribution < 1.29 is 23.1 Å². The minimum Gasteiger partial charge on any atom is -0.478 e. The van der Waals surface area contributed by atoms with Gasteiger partial charge in [-0.2, -0.15) is 13.2 Å². The largest absolute Gasteiger partial charge is 0.478 e. The van der Waals surface area contributed by atoms with Crippen molar-refractivity contribution in [1.82, 2.24) is 0 Å². The van der Waals surface area contributed by atoms with E-state index in [9.17, 15) is 18.0 Å². The van der Waals surface area contributed by atoms with Gasteiger partial charge >= 0.3 is 12.1 Å². The highest BCUT2D eigenvalue weighted by atomic mass is 127. The van der Waals surface area contributed by atoms with Crippen molar-refractivity contribution in [2.24, 2.45) is 0 Å². The highest BCUT2D eigenvalue weighted by Crippen LogP contribution is 2.45.